The second-order valence-electron chi connectivity index (χ2n) is 4.15. The number of sulfonamides is 1. The van der Waals surface area contributed by atoms with Crippen LogP contribution in [-0.4, -0.2) is 45.1 Å². The Kier molecular flexibility index (Phi) is 6.02. The summed E-state index contributed by atoms with van der Waals surface area (Å²) in [6.07, 6.45) is 0.739. The number of rotatable bonds is 5. The predicted octanol–water partition coefficient (Wildman–Crippen LogP) is 1.07. The van der Waals surface area contributed by atoms with E-state index in [-0.39, 0.29) is 11.5 Å². The molecule has 0 aliphatic rings. The van der Waals surface area contributed by atoms with E-state index in [0.29, 0.717) is 17.9 Å². The van der Waals surface area contributed by atoms with Crippen molar-refractivity contribution < 1.29 is 18.3 Å². The zero-order valence-corrected chi connectivity index (χ0v) is 12.7. The third kappa shape index (κ3) is 3.73. The van der Waals surface area contributed by atoms with Gasteiger partial charge >= 0.3 is 0 Å². The van der Waals surface area contributed by atoms with Gasteiger partial charge < -0.3 is 9.84 Å². The maximum Gasteiger partial charge on any atom is 0.242 e. The number of methoxy groups -OCH3 is 1. The van der Waals surface area contributed by atoms with Gasteiger partial charge in [-0.3, -0.25) is 0 Å². The molecule has 0 aliphatic heterocycles. The van der Waals surface area contributed by atoms with E-state index >= 15 is 0 Å². The Morgan fingerprint density at radius 1 is 1.40 bits per heavy atom. The molecule has 20 heavy (non-hydrogen) atoms. The lowest BCUT2D eigenvalue weighted by molar-refractivity contribution is 0.350. The smallest absolute Gasteiger partial charge is 0.242 e. The van der Waals surface area contributed by atoms with E-state index < -0.39 is 10.0 Å². The van der Waals surface area contributed by atoms with Crippen LogP contribution in [0.2, 0.25) is 0 Å². The number of hydrogen-bond donors (Lipinski definition) is 1. The fraction of sp³-hybridized carbons (Fsp3) is 0.429. The van der Waals surface area contributed by atoms with Crippen molar-refractivity contribution in [1.29, 1.82) is 0 Å². The zero-order valence-electron chi connectivity index (χ0n) is 11.9. The molecule has 0 saturated heterocycles. The van der Waals surface area contributed by atoms with Crippen molar-refractivity contribution in [3.8, 4) is 17.6 Å². The Labute approximate surface area is 120 Å². The normalized spacial score (nSPS) is 11.1. The molecular weight excluding hydrogens is 278 g/mol. The first kappa shape index (κ1) is 16.5. The molecule has 0 aliphatic carbocycles. The molecule has 0 radical (unpaired) electrons. The van der Waals surface area contributed by atoms with Gasteiger partial charge in [0, 0.05) is 13.6 Å². The highest BCUT2D eigenvalue weighted by Gasteiger charge is 2.21. The summed E-state index contributed by atoms with van der Waals surface area (Å²) >= 11 is 0. The number of hydrogen-bond acceptors (Lipinski definition) is 4. The highest BCUT2D eigenvalue weighted by molar-refractivity contribution is 7.89. The van der Waals surface area contributed by atoms with Crippen molar-refractivity contribution in [2.75, 3.05) is 27.3 Å². The van der Waals surface area contributed by atoms with Crippen LogP contribution in [-0.2, 0) is 10.0 Å². The summed E-state index contributed by atoms with van der Waals surface area (Å²) in [6.45, 7) is 2.07. The molecule has 5 nitrogen and oxygen atoms in total. The average Bonchev–Trinajstić information content (AvgIpc) is 2.44. The van der Waals surface area contributed by atoms with Crippen molar-refractivity contribution in [1.82, 2.24) is 4.31 Å². The first-order valence-electron chi connectivity index (χ1n) is 6.21. The minimum atomic E-state index is -3.53. The van der Waals surface area contributed by atoms with Crippen molar-refractivity contribution in [2.24, 2.45) is 0 Å². The van der Waals surface area contributed by atoms with E-state index in [2.05, 4.69) is 11.8 Å². The van der Waals surface area contributed by atoms with Gasteiger partial charge in [0.15, 0.2) is 0 Å². The monoisotopic (exact) mass is 297 g/mol. The second-order valence-corrected chi connectivity index (χ2v) is 6.19. The number of ether oxygens (including phenoxy) is 1. The van der Waals surface area contributed by atoms with Gasteiger partial charge in [0.25, 0.3) is 0 Å². The SMILES string of the molecule is CCCN(C)S(=O)(=O)c1ccc(OC)c(C#CCO)c1. The summed E-state index contributed by atoms with van der Waals surface area (Å²) in [7, 11) is -0.499. The van der Waals surface area contributed by atoms with E-state index in [9.17, 15) is 8.42 Å². The van der Waals surface area contributed by atoms with Gasteiger partial charge in [0.2, 0.25) is 10.0 Å². The van der Waals surface area contributed by atoms with Gasteiger partial charge in [-0.1, -0.05) is 18.8 Å². The number of benzene rings is 1. The third-order valence-corrected chi connectivity index (χ3v) is 4.57. The molecule has 0 saturated carbocycles. The molecule has 1 aromatic carbocycles. The first-order valence-corrected chi connectivity index (χ1v) is 7.65. The molecule has 0 heterocycles. The molecule has 0 fully saturated rings. The Balaban J connectivity index is 3.27. The molecule has 0 spiro atoms. The molecule has 1 aromatic rings. The van der Waals surface area contributed by atoms with Crippen LogP contribution in [0, 0.1) is 11.8 Å². The van der Waals surface area contributed by atoms with Crippen LogP contribution in [0.15, 0.2) is 23.1 Å². The lowest BCUT2D eigenvalue weighted by atomic mass is 10.2. The van der Waals surface area contributed by atoms with Gasteiger partial charge in [-0.05, 0) is 24.6 Å². The maximum atomic E-state index is 12.3. The van der Waals surface area contributed by atoms with E-state index in [1.165, 1.54) is 23.5 Å². The van der Waals surface area contributed by atoms with Crippen molar-refractivity contribution in [3.05, 3.63) is 23.8 Å². The highest BCUT2D eigenvalue weighted by atomic mass is 32.2. The van der Waals surface area contributed by atoms with Crippen molar-refractivity contribution in [2.45, 2.75) is 18.2 Å². The summed E-state index contributed by atoms with van der Waals surface area (Å²) < 4.78 is 31.1. The van der Waals surface area contributed by atoms with Crippen molar-refractivity contribution in [3.63, 3.8) is 0 Å². The van der Waals surface area contributed by atoms with Crippen LogP contribution in [0.25, 0.3) is 0 Å². The number of aliphatic hydroxyl groups is 1. The Hall–Kier alpha value is -1.55. The Morgan fingerprint density at radius 3 is 2.65 bits per heavy atom. The molecule has 1 rings (SSSR count). The summed E-state index contributed by atoms with van der Waals surface area (Å²) in [6, 6.07) is 4.52. The molecular formula is C14H19NO4S. The first-order chi connectivity index (χ1) is 9.47. The summed E-state index contributed by atoms with van der Waals surface area (Å²) in [5.41, 5.74) is 0.438. The summed E-state index contributed by atoms with van der Waals surface area (Å²) in [5.74, 6) is 5.65. The molecule has 6 heteroatoms. The molecule has 110 valence electrons. The van der Waals surface area contributed by atoms with Crippen LogP contribution in [0.3, 0.4) is 0 Å². The van der Waals surface area contributed by atoms with Crippen LogP contribution < -0.4 is 4.74 Å². The average molecular weight is 297 g/mol. The standard InChI is InChI=1S/C14H19NO4S/c1-4-9-15(2)20(17,18)13-7-8-14(19-3)12(11-13)6-5-10-16/h7-8,11,16H,4,9-10H2,1-3H3. The van der Waals surface area contributed by atoms with Gasteiger partial charge in [-0.2, -0.15) is 0 Å². The molecule has 0 aromatic heterocycles. The van der Waals surface area contributed by atoms with Gasteiger partial charge in [0.05, 0.1) is 17.6 Å². The molecule has 0 atom stereocenters. The Morgan fingerprint density at radius 2 is 2.10 bits per heavy atom. The zero-order chi connectivity index (χ0) is 15.2. The maximum absolute atomic E-state index is 12.3. The summed E-state index contributed by atoms with van der Waals surface area (Å²) in [5, 5.41) is 8.74. The molecule has 0 unspecified atom stereocenters. The van der Waals surface area contributed by atoms with Crippen LogP contribution in [0.4, 0.5) is 0 Å². The molecule has 1 N–H and O–H groups in total. The quantitative estimate of drug-likeness (QED) is 0.826. The van der Waals surface area contributed by atoms with Crippen molar-refractivity contribution >= 4 is 10.0 Å². The number of nitrogens with zero attached hydrogens (tertiary/aromatic N) is 1. The fourth-order valence-corrected chi connectivity index (χ4v) is 2.98. The lowest BCUT2D eigenvalue weighted by Crippen LogP contribution is -2.27. The Bertz CT molecular complexity index is 614. The molecule has 0 amide bonds. The summed E-state index contributed by atoms with van der Waals surface area (Å²) in [4.78, 5) is 0.163. The van der Waals surface area contributed by atoms with Gasteiger partial charge in [0.1, 0.15) is 12.4 Å². The minimum Gasteiger partial charge on any atom is -0.495 e. The van der Waals surface area contributed by atoms with E-state index in [1.807, 2.05) is 6.92 Å². The predicted molar refractivity (Wildman–Crippen MR) is 77.1 cm³/mol. The number of aliphatic hydroxyl groups excluding tert-OH is 1. The lowest BCUT2D eigenvalue weighted by Gasteiger charge is -2.16. The topological polar surface area (TPSA) is 66.8 Å². The largest absolute Gasteiger partial charge is 0.495 e. The fourth-order valence-electron chi connectivity index (χ4n) is 1.70. The van der Waals surface area contributed by atoms with Crippen LogP contribution in [0.5, 0.6) is 5.75 Å². The van der Waals surface area contributed by atoms with Gasteiger partial charge in [-0.15, -0.1) is 0 Å². The molecule has 0 bridgehead atoms. The van der Waals surface area contributed by atoms with Gasteiger partial charge in [-0.25, -0.2) is 12.7 Å². The highest BCUT2D eigenvalue weighted by Crippen LogP contribution is 2.23. The van der Waals surface area contributed by atoms with E-state index in [4.69, 9.17) is 9.84 Å². The van der Waals surface area contributed by atoms with E-state index in [1.54, 1.807) is 13.1 Å². The van der Waals surface area contributed by atoms with Crippen LogP contribution in [0.1, 0.15) is 18.9 Å². The van der Waals surface area contributed by atoms with Crippen LogP contribution >= 0.6 is 0 Å². The minimum absolute atomic E-state index is 0.163. The van der Waals surface area contributed by atoms with E-state index in [0.717, 1.165) is 6.42 Å². The second kappa shape index (κ2) is 7.29. The third-order valence-electron chi connectivity index (χ3n) is 2.72.